The first-order chi connectivity index (χ1) is 14.7. The zero-order valence-corrected chi connectivity index (χ0v) is 17.1. The van der Waals surface area contributed by atoms with E-state index in [1.165, 1.54) is 28.4 Å². The summed E-state index contributed by atoms with van der Waals surface area (Å²) in [5.74, 6) is 0. The molecule has 1 aromatic heterocycles. The number of fused-ring (bicyclic) bond motifs is 1. The van der Waals surface area contributed by atoms with Crippen LogP contribution in [0.15, 0.2) is 83.9 Å². The summed E-state index contributed by atoms with van der Waals surface area (Å²) in [4.78, 5) is 0.146. The molecule has 1 heterocycles. The largest absolute Gasteiger partial charge is 0.416 e. The number of halogens is 3. The summed E-state index contributed by atoms with van der Waals surface area (Å²) in [5, 5.41) is 0.639. The van der Waals surface area contributed by atoms with Gasteiger partial charge in [0.25, 0.3) is 10.0 Å². The lowest BCUT2D eigenvalue weighted by Gasteiger charge is -2.10. The first-order valence-electron chi connectivity index (χ1n) is 9.54. The third-order valence-electron chi connectivity index (χ3n) is 5.09. The lowest BCUT2D eigenvalue weighted by Crippen LogP contribution is -2.11. The summed E-state index contributed by atoms with van der Waals surface area (Å²) >= 11 is 0. The molecule has 0 aliphatic rings. The maximum Gasteiger partial charge on any atom is 0.416 e. The molecular weight excluding hydrogens is 425 g/mol. The van der Waals surface area contributed by atoms with Gasteiger partial charge in [-0.2, -0.15) is 13.2 Å². The minimum atomic E-state index is -4.45. The van der Waals surface area contributed by atoms with Gasteiger partial charge >= 0.3 is 6.18 Å². The van der Waals surface area contributed by atoms with E-state index in [1.54, 1.807) is 42.5 Å². The van der Waals surface area contributed by atoms with Gasteiger partial charge < -0.3 is 5.73 Å². The number of rotatable bonds is 5. The molecule has 4 aromatic rings. The van der Waals surface area contributed by atoms with Crippen molar-refractivity contribution in [3.8, 4) is 11.1 Å². The predicted octanol–water partition coefficient (Wildman–Crippen LogP) is 5.07. The van der Waals surface area contributed by atoms with Crippen molar-refractivity contribution >= 4 is 20.9 Å². The molecule has 0 saturated heterocycles. The minimum Gasteiger partial charge on any atom is -0.330 e. The maximum atomic E-state index is 13.2. The van der Waals surface area contributed by atoms with Gasteiger partial charge in [0.1, 0.15) is 0 Å². The Morgan fingerprint density at radius 1 is 0.871 bits per heavy atom. The van der Waals surface area contributed by atoms with Crippen LogP contribution in [0.2, 0.25) is 0 Å². The topological polar surface area (TPSA) is 65.1 Å². The van der Waals surface area contributed by atoms with Crippen molar-refractivity contribution in [1.29, 1.82) is 0 Å². The molecule has 4 nitrogen and oxygen atoms in total. The van der Waals surface area contributed by atoms with Gasteiger partial charge in [0.05, 0.1) is 16.0 Å². The van der Waals surface area contributed by atoms with E-state index >= 15 is 0 Å². The molecule has 0 aliphatic heterocycles. The third kappa shape index (κ3) is 3.96. The van der Waals surface area contributed by atoms with Crippen molar-refractivity contribution in [2.24, 2.45) is 5.73 Å². The first-order valence-corrected chi connectivity index (χ1v) is 11.0. The molecule has 8 heteroatoms. The van der Waals surface area contributed by atoms with Crippen LogP contribution in [-0.4, -0.2) is 18.9 Å². The molecule has 0 amide bonds. The molecule has 3 aromatic carbocycles. The predicted molar refractivity (Wildman–Crippen MR) is 114 cm³/mol. The lowest BCUT2D eigenvalue weighted by atomic mass is 10.00. The summed E-state index contributed by atoms with van der Waals surface area (Å²) in [7, 11) is -3.84. The molecule has 0 fully saturated rings. The van der Waals surface area contributed by atoms with Gasteiger partial charge in [-0.3, -0.25) is 0 Å². The number of hydrogen-bond acceptors (Lipinski definition) is 3. The van der Waals surface area contributed by atoms with Gasteiger partial charge in [-0.05, 0) is 66.1 Å². The van der Waals surface area contributed by atoms with Crippen molar-refractivity contribution in [2.45, 2.75) is 17.5 Å². The second-order valence-electron chi connectivity index (χ2n) is 7.12. The highest BCUT2D eigenvalue weighted by atomic mass is 32.2. The number of hydrogen-bond donors (Lipinski definition) is 1. The maximum absolute atomic E-state index is 13.2. The number of aromatic nitrogens is 1. The van der Waals surface area contributed by atoms with Gasteiger partial charge in [-0.25, -0.2) is 12.4 Å². The summed E-state index contributed by atoms with van der Waals surface area (Å²) in [6.45, 7) is 0.304. The van der Waals surface area contributed by atoms with Crippen LogP contribution in [0.25, 0.3) is 22.0 Å². The van der Waals surface area contributed by atoms with Crippen molar-refractivity contribution in [3.05, 3.63) is 90.1 Å². The SMILES string of the molecule is NCCc1cn(S(=O)(=O)c2ccccc2)c2ccc(-c3cccc(C(F)(F)F)c3)cc12. The summed E-state index contributed by atoms with van der Waals surface area (Å²) in [5.41, 5.74) is 7.09. The molecule has 0 saturated carbocycles. The molecule has 0 atom stereocenters. The summed E-state index contributed by atoms with van der Waals surface area (Å²) < 4.78 is 66.9. The van der Waals surface area contributed by atoms with Crippen molar-refractivity contribution in [2.75, 3.05) is 6.54 Å². The fourth-order valence-corrected chi connectivity index (χ4v) is 4.99. The van der Waals surface area contributed by atoms with E-state index < -0.39 is 21.8 Å². The second kappa shape index (κ2) is 7.86. The van der Waals surface area contributed by atoms with Crippen LogP contribution >= 0.6 is 0 Å². The van der Waals surface area contributed by atoms with E-state index in [-0.39, 0.29) is 4.90 Å². The van der Waals surface area contributed by atoms with Crippen molar-refractivity contribution in [3.63, 3.8) is 0 Å². The number of alkyl halides is 3. The van der Waals surface area contributed by atoms with Crippen LogP contribution in [0.5, 0.6) is 0 Å². The molecular formula is C23H19F3N2O2S. The quantitative estimate of drug-likeness (QED) is 0.468. The van der Waals surface area contributed by atoms with Crippen LogP contribution in [-0.2, 0) is 22.6 Å². The van der Waals surface area contributed by atoms with Crippen LogP contribution in [0.1, 0.15) is 11.1 Å². The monoisotopic (exact) mass is 444 g/mol. The Bertz CT molecular complexity index is 1340. The fourth-order valence-electron chi connectivity index (χ4n) is 3.58. The Labute approximate surface area is 177 Å². The fraction of sp³-hybridized carbons (Fsp3) is 0.130. The molecule has 0 unspecified atom stereocenters. The zero-order valence-electron chi connectivity index (χ0n) is 16.3. The van der Waals surface area contributed by atoms with Crippen LogP contribution < -0.4 is 5.73 Å². The van der Waals surface area contributed by atoms with E-state index in [0.717, 1.165) is 12.1 Å². The number of nitrogens with two attached hydrogens (primary N) is 1. The number of nitrogens with zero attached hydrogens (tertiary/aromatic N) is 1. The summed E-state index contributed by atoms with van der Waals surface area (Å²) in [6, 6.07) is 18.1. The highest BCUT2D eigenvalue weighted by Gasteiger charge is 2.30. The van der Waals surface area contributed by atoms with Crippen LogP contribution in [0.3, 0.4) is 0 Å². The van der Waals surface area contributed by atoms with E-state index in [1.807, 2.05) is 0 Å². The Morgan fingerprint density at radius 3 is 2.26 bits per heavy atom. The smallest absolute Gasteiger partial charge is 0.330 e. The van der Waals surface area contributed by atoms with Gasteiger partial charge in [0.2, 0.25) is 0 Å². The van der Waals surface area contributed by atoms with E-state index in [9.17, 15) is 21.6 Å². The van der Waals surface area contributed by atoms with Gasteiger partial charge in [0, 0.05) is 11.6 Å². The highest BCUT2D eigenvalue weighted by molar-refractivity contribution is 7.90. The molecule has 4 rings (SSSR count). The van der Waals surface area contributed by atoms with E-state index in [0.29, 0.717) is 40.6 Å². The molecule has 0 spiro atoms. The molecule has 0 aliphatic carbocycles. The van der Waals surface area contributed by atoms with Crippen molar-refractivity contribution in [1.82, 2.24) is 3.97 Å². The van der Waals surface area contributed by atoms with Crippen molar-refractivity contribution < 1.29 is 21.6 Å². The Hall–Kier alpha value is -3.10. The first kappa shape index (κ1) is 21.1. The van der Waals surface area contributed by atoms with E-state index in [2.05, 4.69) is 0 Å². The number of benzene rings is 3. The van der Waals surface area contributed by atoms with E-state index in [4.69, 9.17) is 5.73 Å². The average Bonchev–Trinajstić information content (AvgIpc) is 3.13. The summed E-state index contributed by atoms with van der Waals surface area (Å²) in [6.07, 6.45) is -2.48. The van der Waals surface area contributed by atoms with Gasteiger partial charge in [0.15, 0.2) is 0 Å². The molecule has 0 bridgehead atoms. The van der Waals surface area contributed by atoms with Crippen LogP contribution in [0, 0.1) is 0 Å². The zero-order chi connectivity index (χ0) is 22.2. The third-order valence-corrected chi connectivity index (χ3v) is 6.78. The molecule has 31 heavy (non-hydrogen) atoms. The molecule has 2 N–H and O–H groups in total. The molecule has 0 radical (unpaired) electrons. The standard InChI is InChI=1S/C23H19F3N2O2S/c24-23(25,26)19-6-4-5-16(13-19)17-9-10-22-21(14-17)18(11-12-27)15-28(22)31(29,30)20-7-2-1-3-8-20/h1-10,13-15H,11-12,27H2. The van der Waals surface area contributed by atoms with Crippen LogP contribution in [0.4, 0.5) is 13.2 Å². The minimum absolute atomic E-state index is 0.146. The Morgan fingerprint density at radius 2 is 1.58 bits per heavy atom. The van der Waals surface area contributed by atoms with Gasteiger partial charge in [-0.1, -0.05) is 36.4 Å². The molecule has 160 valence electrons. The highest BCUT2D eigenvalue weighted by Crippen LogP contribution is 2.34. The normalized spacial score (nSPS) is 12.4. The Balaban J connectivity index is 1.89. The second-order valence-corrected chi connectivity index (χ2v) is 8.93. The Kier molecular flexibility index (Phi) is 5.36. The average molecular weight is 444 g/mol. The van der Waals surface area contributed by atoms with Gasteiger partial charge in [-0.15, -0.1) is 0 Å². The lowest BCUT2D eigenvalue weighted by molar-refractivity contribution is -0.137.